The van der Waals surface area contributed by atoms with Crippen LogP contribution < -0.4 is 5.46 Å². The van der Waals surface area contributed by atoms with Crippen molar-refractivity contribution in [2.75, 3.05) is 0 Å². The Bertz CT molecular complexity index is 1720. The molecule has 0 aliphatic rings. The third-order valence-electron chi connectivity index (χ3n) is 6.21. The Morgan fingerprint density at radius 2 is 1.32 bits per heavy atom. The Balaban J connectivity index is 1.53. The molecule has 0 amide bonds. The minimum absolute atomic E-state index is 0.374. The number of hydrogen-bond donors (Lipinski definition) is 2. The van der Waals surface area contributed by atoms with Gasteiger partial charge in [-0.2, -0.15) is 0 Å². The van der Waals surface area contributed by atoms with Crippen molar-refractivity contribution in [2.45, 2.75) is 0 Å². The van der Waals surface area contributed by atoms with Gasteiger partial charge in [-0.3, -0.25) is 9.97 Å². The molecule has 0 atom stereocenters. The van der Waals surface area contributed by atoms with Crippen molar-refractivity contribution < 1.29 is 10.0 Å². The largest absolute Gasteiger partial charge is 0.488 e. The van der Waals surface area contributed by atoms with Crippen LogP contribution in [0.2, 0.25) is 0 Å². The molecule has 0 aliphatic carbocycles. The van der Waals surface area contributed by atoms with Crippen LogP contribution in [0.1, 0.15) is 0 Å². The molecular weight excluding hydrogens is 459 g/mol. The summed E-state index contributed by atoms with van der Waals surface area (Å²) in [6.07, 6.45) is 5.41. The maximum Gasteiger partial charge on any atom is 0.488 e. The molecule has 0 fully saturated rings. The molecule has 7 heteroatoms. The first kappa shape index (κ1) is 22.7. The van der Waals surface area contributed by atoms with Crippen LogP contribution in [0.4, 0.5) is 0 Å². The number of para-hydroxylation sites is 1. The summed E-state index contributed by atoms with van der Waals surface area (Å²) in [5, 5.41) is 20.4. The third kappa shape index (κ3) is 4.73. The minimum Gasteiger partial charge on any atom is -0.423 e. The summed E-state index contributed by atoms with van der Waals surface area (Å²) in [5.74, 6) is 0.481. The second-order valence-corrected chi connectivity index (χ2v) is 8.70. The van der Waals surface area contributed by atoms with E-state index in [9.17, 15) is 10.0 Å². The standard InChI is InChI=1S/C30H21BN4O2/c36-31(37)26-11-4-9-23(16-26)30-34-28(22-8-3-7-20(14-22)24-10-5-13-32-18-24)17-29(35-30)25-15-21-6-1-2-12-27(21)33-19-25/h1-19,36-37H. The lowest BCUT2D eigenvalue weighted by Gasteiger charge is -2.11. The molecule has 176 valence electrons. The molecule has 3 aromatic heterocycles. The highest BCUT2D eigenvalue weighted by Gasteiger charge is 2.15. The molecule has 0 spiro atoms. The lowest BCUT2D eigenvalue weighted by molar-refractivity contribution is 0.426. The monoisotopic (exact) mass is 480 g/mol. The Morgan fingerprint density at radius 1 is 0.568 bits per heavy atom. The lowest BCUT2D eigenvalue weighted by atomic mass is 9.79. The zero-order chi connectivity index (χ0) is 25.2. The maximum atomic E-state index is 9.70. The summed E-state index contributed by atoms with van der Waals surface area (Å²) in [6.45, 7) is 0. The van der Waals surface area contributed by atoms with Crippen LogP contribution in [-0.4, -0.2) is 37.1 Å². The Labute approximate surface area is 214 Å². The molecule has 0 unspecified atom stereocenters. The first-order chi connectivity index (χ1) is 18.1. The zero-order valence-corrected chi connectivity index (χ0v) is 19.7. The van der Waals surface area contributed by atoms with Crippen molar-refractivity contribution in [3.05, 3.63) is 116 Å². The average Bonchev–Trinajstić information content (AvgIpc) is 2.97. The number of nitrogens with zero attached hydrogens (tertiary/aromatic N) is 4. The van der Waals surface area contributed by atoms with E-state index in [4.69, 9.17) is 9.97 Å². The third-order valence-corrected chi connectivity index (χ3v) is 6.21. The fourth-order valence-corrected chi connectivity index (χ4v) is 4.31. The number of aromatic nitrogens is 4. The summed E-state index contributed by atoms with van der Waals surface area (Å²) in [6, 6.07) is 31.0. The fraction of sp³-hybridized carbons (Fsp3) is 0. The molecule has 3 aromatic carbocycles. The number of rotatable bonds is 5. The van der Waals surface area contributed by atoms with Crippen molar-refractivity contribution in [3.8, 4) is 45.0 Å². The Hall–Kier alpha value is -4.72. The molecule has 0 bridgehead atoms. The van der Waals surface area contributed by atoms with Crippen molar-refractivity contribution in [1.82, 2.24) is 19.9 Å². The quantitative estimate of drug-likeness (QED) is 0.346. The SMILES string of the molecule is OB(O)c1cccc(-c2nc(-c3cccc(-c4cccnc4)c3)cc(-c3cnc4ccccc4c3)n2)c1. The van der Waals surface area contributed by atoms with E-state index in [1.54, 1.807) is 24.4 Å². The Kier molecular flexibility index (Phi) is 5.98. The van der Waals surface area contributed by atoms with Crippen LogP contribution in [-0.2, 0) is 0 Å². The van der Waals surface area contributed by atoms with E-state index in [0.717, 1.165) is 44.5 Å². The summed E-state index contributed by atoms with van der Waals surface area (Å²) in [5.41, 5.74) is 7.28. The molecule has 6 aromatic rings. The molecule has 0 radical (unpaired) electrons. The highest BCUT2D eigenvalue weighted by molar-refractivity contribution is 6.58. The van der Waals surface area contributed by atoms with Crippen molar-refractivity contribution in [1.29, 1.82) is 0 Å². The number of fused-ring (bicyclic) bond motifs is 1. The van der Waals surface area contributed by atoms with Crippen LogP contribution in [0.5, 0.6) is 0 Å². The van der Waals surface area contributed by atoms with E-state index in [2.05, 4.69) is 22.1 Å². The van der Waals surface area contributed by atoms with Gasteiger partial charge >= 0.3 is 7.12 Å². The molecule has 0 aliphatic heterocycles. The topological polar surface area (TPSA) is 92.0 Å². The van der Waals surface area contributed by atoms with Crippen LogP contribution in [0, 0.1) is 0 Å². The van der Waals surface area contributed by atoms with Gasteiger partial charge in [0.05, 0.1) is 16.9 Å². The normalized spacial score (nSPS) is 11.0. The number of benzene rings is 3. The summed E-state index contributed by atoms with van der Waals surface area (Å²) in [7, 11) is -1.58. The lowest BCUT2D eigenvalue weighted by Crippen LogP contribution is -2.29. The summed E-state index contributed by atoms with van der Waals surface area (Å²) < 4.78 is 0. The average molecular weight is 480 g/mol. The van der Waals surface area contributed by atoms with Gasteiger partial charge in [0, 0.05) is 46.2 Å². The molecule has 0 saturated heterocycles. The van der Waals surface area contributed by atoms with E-state index in [-0.39, 0.29) is 0 Å². The van der Waals surface area contributed by atoms with Gasteiger partial charge in [0.25, 0.3) is 0 Å². The predicted molar refractivity (Wildman–Crippen MR) is 147 cm³/mol. The maximum absolute atomic E-state index is 9.70. The summed E-state index contributed by atoms with van der Waals surface area (Å²) in [4.78, 5) is 18.6. The van der Waals surface area contributed by atoms with Gasteiger partial charge in [0.1, 0.15) is 0 Å². The zero-order valence-electron chi connectivity index (χ0n) is 19.7. The van der Waals surface area contributed by atoms with Crippen LogP contribution in [0.25, 0.3) is 55.9 Å². The first-order valence-electron chi connectivity index (χ1n) is 11.9. The predicted octanol–water partition coefficient (Wildman–Crippen LogP) is 4.77. The van der Waals surface area contributed by atoms with E-state index in [0.29, 0.717) is 16.9 Å². The first-order valence-corrected chi connectivity index (χ1v) is 11.9. The molecule has 3 heterocycles. The van der Waals surface area contributed by atoms with Gasteiger partial charge in [-0.15, -0.1) is 0 Å². The van der Waals surface area contributed by atoms with Crippen molar-refractivity contribution >= 4 is 23.5 Å². The molecule has 37 heavy (non-hydrogen) atoms. The van der Waals surface area contributed by atoms with Gasteiger partial charge in [-0.05, 0) is 41.4 Å². The van der Waals surface area contributed by atoms with E-state index < -0.39 is 7.12 Å². The van der Waals surface area contributed by atoms with Crippen LogP contribution in [0.15, 0.2) is 116 Å². The van der Waals surface area contributed by atoms with E-state index >= 15 is 0 Å². The Morgan fingerprint density at radius 3 is 2.16 bits per heavy atom. The second-order valence-electron chi connectivity index (χ2n) is 8.70. The highest BCUT2D eigenvalue weighted by Crippen LogP contribution is 2.30. The molecule has 6 rings (SSSR count). The van der Waals surface area contributed by atoms with Crippen LogP contribution >= 0.6 is 0 Å². The van der Waals surface area contributed by atoms with Gasteiger partial charge < -0.3 is 10.0 Å². The second kappa shape index (κ2) is 9.74. The molecule has 6 nitrogen and oxygen atoms in total. The van der Waals surface area contributed by atoms with E-state index in [1.807, 2.05) is 79.1 Å². The number of hydrogen-bond acceptors (Lipinski definition) is 6. The minimum atomic E-state index is -1.58. The van der Waals surface area contributed by atoms with Crippen LogP contribution in [0.3, 0.4) is 0 Å². The smallest absolute Gasteiger partial charge is 0.423 e. The van der Waals surface area contributed by atoms with Gasteiger partial charge in [-0.25, -0.2) is 9.97 Å². The molecular formula is C30H21BN4O2. The molecule has 2 N–H and O–H groups in total. The fourth-order valence-electron chi connectivity index (χ4n) is 4.31. The van der Waals surface area contributed by atoms with Gasteiger partial charge in [0.2, 0.25) is 0 Å². The summed E-state index contributed by atoms with van der Waals surface area (Å²) >= 11 is 0. The number of pyridine rings is 2. The van der Waals surface area contributed by atoms with Crippen molar-refractivity contribution in [3.63, 3.8) is 0 Å². The molecule has 0 saturated carbocycles. The van der Waals surface area contributed by atoms with Gasteiger partial charge in [-0.1, -0.05) is 66.7 Å². The van der Waals surface area contributed by atoms with Gasteiger partial charge in [0.15, 0.2) is 5.82 Å². The van der Waals surface area contributed by atoms with Crippen molar-refractivity contribution in [2.24, 2.45) is 0 Å². The highest BCUT2D eigenvalue weighted by atomic mass is 16.4. The van der Waals surface area contributed by atoms with E-state index in [1.165, 1.54) is 0 Å².